The molecule has 2 rings (SSSR count). The maximum Gasteiger partial charge on any atom is 0.0249 e. The summed E-state index contributed by atoms with van der Waals surface area (Å²) in [5.41, 5.74) is 0. The second kappa shape index (κ2) is 8.23. The van der Waals surface area contributed by atoms with E-state index in [1.54, 1.807) is 0 Å². The molecule has 0 radical (unpaired) electrons. The SMILES string of the molecule is CCCNC1CCCCCC1N1CCCN(C)CC1. The minimum Gasteiger partial charge on any atom is -0.312 e. The lowest BCUT2D eigenvalue weighted by Crippen LogP contribution is -2.50. The van der Waals surface area contributed by atoms with E-state index in [0.717, 1.165) is 12.1 Å². The first-order valence-electron chi connectivity index (χ1n) is 8.47. The minimum absolute atomic E-state index is 0.742. The van der Waals surface area contributed by atoms with Crippen LogP contribution in [-0.2, 0) is 0 Å². The Balaban J connectivity index is 1.95. The highest BCUT2D eigenvalue weighted by Crippen LogP contribution is 2.23. The Hall–Kier alpha value is -0.120. The predicted molar refractivity (Wildman–Crippen MR) is 82.6 cm³/mol. The van der Waals surface area contributed by atoms with Crippen LogP contribution in [0.15, 0.2) is 0 Å². The van der Waals surface area contributed by atoms with Gasteiger partial charge in [-0.15, -0.1) is 0 Å². The molecule has 3 heteroatoms. The lowest BCUT2D eigenvalue weighted by molar-refractivity contribution is 0.153. The molecule has 2 aliphatic rings. The van der Waals surface area contributed by atoms with Crippen LogP contribution in [0.3, 0.4) is 0 Å². The summed E-state index contributed by atoms with van der Waals surface area (Å²) in [5.74, 6) is 0. The molecular formula is C16H33N3. The van der Waals surface area contributed by atoms with Gasteiger partial charge < -0.3 is 10.2 Å². The van der Waals surface area contributed by atoms with E-state index in [4.69, 9.17) is 0 Å². The molecule has 19 heavy (non-hydrogen) atoms. The second-order valence-corrected chi connectivity index (χ2v) is 6.46. The molecule has 1 heterocycles. The van der Waals surface area contributed by atoms with Gasteiger partial charge in [-0.05, 0) is 52.4 Å². The van der Waals surface area contributed by atoms with Crippen molar-refractivity contribution in [2.24, 2.45) is 0 Å². The van der Waals surface area contributed by atoms with Crippen LogP contribution in [0.5, 0.6) is 0 Å². The standard InChI is InChI=1S/C16H33N3/c1-3-10-17-15-8-5-4-6-9-16(15)19-12-7-11-18(2)13-14-19/h15-17H,3-14H2,1-2H3. The summed E-state index contributed by atoms with van der Waals surface area (Å²) < 4.78 is 0. The minimum atomic E-state index is 0.742. The smallest absolute Gasteiger partial charge is 0.0249 e. The number of rotatable bonds is 4. The van der Waals surface area contributed by atoms with Gasteiger partial charge in [-0.2, -0.15) is 0 Å². The molecular weight excluding hydrogens is 234 g/mol. The third kappa shape index (κ3) is 4.73. The van der Waals surface area contributed by atoms with Crippen molar-refractivity contribution in [2.45, 2.75) is 64.0 Å². The molecule has 0 aromatic heterocycles. The Morgan fingerprint density at radius 1 is 0.947 bits per heavy atom. The van der Waals surface area contributed by atoms with Crippen LogP contribution in [0, 0.1) is 0 Å². The van der Waals surface area contributed by atoms with Crippen molar-refractivity contribution in [2.75, 3.05) is 39.8 Å². The first-order chi connectivity index (χ1) is 9.31. The van der Waals surface area contributed by atoms with E-state index in [1.807, 2.05) is 0 Å². The van der Waals surface area contributed by atoms with Crippen molar-refractivity contribution >= 4 is 0 Å². The fraction of sp³-hybridized carbons (Fsp3) is 1.00. The van der Waals surface area contributed by atoms with E-state index in [1.165, 1.54) is 77.7 Å². The third-order valence-electron chi connectivity index (χ3n) is 4.86. The lowest BCUT2D eigenvalue weighted by Gasteiger charge is -2.36. The number of hydrogen-bond donors (Lipinski definition) is 1. The highest BCUT2D eigenvalue weighted by molar-refractivity contribution is 4.88. The number of nitrogens with zero attached hydrogens (tertiary/aromatic N) is 2. The summed E-state index contributed by atoms with van der Waals surface area (Å²) in [4.78, 5) is 5.29. The summed E-state index contributed by atoms with van der Waals surface area (Å²) >= 11 is 0. The van der Waals surface area contributed by atoms with Crippen molar-refractivity contribution in [3.05, 3.63) is 0 Å². The molecule has 1 aliphatic heterocycles. The summed E-state index contributed by atoms with van der Waals surface area (Å²) in [6, 6.07) is 1.53. The van der Waals surface area contributed by atoms with E-state index in [-0.39, 0.29) is 0 Å². The van der Waals surface area contributed by atoms with Crippen LogP contribution in [-0.4, -0.2) is 61.7 Å². The summed E-state index contributed by atoms with van der Waals surface area (Å²) in [5, 5.41) is 3.83. The third-order valence-corrected chi connectivity index (χ3v) is 4.86. The zero-order valence-electron chi connectivity index (χ0n) is 13.0. The Labute approximate surface area is 119 Å². The first kappa shape index (κ1) is 15.3. The molecule has 1 saturated heterocycles. The average Bonchev–Trinajstić information content (AvgIpc) is 2.76. The topological polar surface area (TPSA) is 18.5 Å². The van der Waals surface area contributed by atoms with Gasteiger partial charge in [0.05, 0.1) is 0 Å². The fourth-order valence-corrected chi connectivity index (χ4v) is 3.69. The molecule has 0 amide bonds. The van der Waals surface area contributed by atoms with Gasteiger partial charge in [0.2, 0.25) is 0 Å². The van der Waals surface area contributed by atoms with Gasteiger partial charge in [0, 0.05) is 25.2 Å². The number of hydrogen-bond acceptors (Lipinski definition) is 3. The summed E-state index contributed by atoms with van der Waals surface area (Å²) in [6.07, 6.45) is 9.68. The molecule has 0 spiro atoms. The summed E-state index contributed by atoms with van der Waals surface area (Å²) in [6.45, 7) is 8.56. The second-order valence-electron chi connectivity index (χ2n) is 6.46. The van der Waals surface area contributed by atoms with E-state index in [2.05, 4.69) is 29.1 Å². The normalized spacial score (nSPS) is 31.9. The van der Waals surface area contributed by atoms with Gasteiger partial charge >= 0.3 is 0 Å². The van der Waals surface area contributed by atoms with Crippen LogP contribution in [0.25, 0.3) is 0 Å². The van der Waals surface area contributed by atoms with Gasteiger partial charge in [0.1, 0.15) is 0 Å². The summed E-state index contributed by atoms with van der Waals surface area (Å²) in [7, 11) is 2.27. The molecule has 2 fully saturated rings. The van der Waals surface area contributed by atoms with Crippen LogP contribution in [0.4, 0.5) is 0 Å². The van der Waals surface area contributed by atoms with E-state index >= 15 is 0 Å². The van der Waals surface area contributed by atoms with Crippen molar-refractivity contribution < 1.29 is 0 Å². The van der Waals surface area contributed by atoms with E-state index in [0.29, 0.717) is 0 Å². The van der Waals surface area contributed by atoms with Crippen molar-refractivity contribution in [3.8, 4) is 0 Å². The molecule has 2 atom stereocenters. The average molecular weight is 267 g/mol. The van der Waals surface area contributed by atoms with E-state index < -0.39 is 0 Å². The van der Waals surface area contributed by atoms with Crippen LogP contribution in [0.2, 0.25) is 0 Å². The molecule has 3 nitrogen and oxygen atoms in total. The lowest BCUT2D eigenvalue weighted by atomic mass is 10.0. The van der Waals surface area contributed by atoms with Crippen molar-refractivity contribution in [1.29, 1.82) is 0 Å². The van der Waals surface area contributed by atoms with Crippen LogP contribution >= 0.6 is 0 Å². The fourth-order valence-electron chi connectivity index (χ4n) is 3.69. The first-order valence-corrected chi connectivity index (χ1v) is 8.47. The highest BCUT2D eigenvalue weighted by atomic mass is 15.2. The molecule has 0 bridgehead atoms. The van der Waals surface area contributed by atoms with Crippen LogP contribution < -0.4 is 5.32 Å². The van der Waals surface area contributed by atoms with Crippen LogP contribution in [0.1, 0.15) is 51.9 Å². The van der Waals surface area contributed by atoms with Gasteiger partial charge in [0.25, 0.3) is 0 Å². The largest absolute Gasteiger partial charge is 0.312 e. The quantitative estimate of drug-likeness (QED) is 0.789. The van der Waals surface area contributed by atoms with Gasteiger partial charge in [-0.3, -0.25) is 4.90 Å². The van der Waals surface area contributed by atoms with Crippen molar-refractivity contribution in [3.63, 3.8) is 0 Å². The van der Waals surface area contributed by atoms with Gasteiger partial charge in [-0.1, -0.05) is 26.2 Å². The van der Waals surface area contributed by atoms with E-state index in [9.17, 15) is 0 Å². The number of likely N-dealkylation sites (N-methyl/N-ethyl adjacent to an activating group) is 1. The van der Waals surface area contributed by atoms with Gasteiger partial charge in [-0.25, -0.2) is 0 Å². The Morgan fingerprint density at radius 2 is 1.79 bits per heavy atom. The monoisotopic (exact) mass is 267 g/mol. The molecule has 1 saturated carbocycles. The number of nitrogens with one attached hydrogen (secondary N) is 1. The molecule has 1 N–H and O–H groups in total. The zero-order valence-corrected chi connectivity index (χ0v) is 13.0. The molecule has 0 aromatic rings. The van der Waals surface area contributed by atoms with Gasteiger partial charge in [0.15, 0.2) is 0 Å². The predicted octanol–water partition coefficient (Wildman–Crippen LogP) is 2.32. The molecule has 0 aromatic carbocycles. The molecule has 2 unspecified atom stereocenters. The van der Waals surface area contributed by atoms with Crippen molar-refractivity contribution in [1.82, 2.24) is 15.1 Å². The molecule has 112 valence electrons. The molecule has 1 aliphatic carbocycles. The maximum atomic E-state index is 3.83. The Kier molecular flexibility index (Phi) is 6.62. The highest BCUT2D eigenvalue weighted by Gasteiger charge is 2.29. The zero-order chi connectivity index (χ0) is 13.5. The Morgan fingerprint density at radius 3 is 2.63 bits per heavy atom. The Bertz CT molecular complexity index is 244. The maximum absolute atomic E-state index is 3.83.